The number of aromatic nitrogens is 3. The molecule has 72 valence electrons. The Hall–Kier alpha value is -1.75. The molecule has 0 atom stereocenters. The van der Waals surface area contributed by atoms with E-state index in [4.69, 9.17) is 5.73 Å². The summed E-state index contributed by atoms with van der Waals surface area (Å²) < 4.78 is 14.2. The molecule has 0 bridgehead atoms. The van der Waals surface area contributed by atoms with Crippen LogP contribution in [-0.4, -0.2) is 14.5 Å². The van der Waals surface area contributed by atoms with E-state index in [1.165, 1.54) is 12.3 Å². The van der Waals surface area contributed by atoms with Crippen molar-refractivity contribution < 1.29 is 4.39 Å². The molecule has 0 aliphatic heterocycles. The molecule has 14 heavy (non-hydrogen) atoms. The molecule has 0 fully saturated rings. The lowest BCUT2D eigenvalue weighted by atomic mass is 10.4. The summed E-state index contributed by atoms with van der Waals surface area (Å²) in [5.41, 5.74) is 6.08. The second-order valence-electron chi connectivity index (χ2n) is 2.81. The van der Waals surface area contributed by atoms with Gasteiger partial charge in [-0.2, -0.15) is 0 Å². The van der Waals surface area contributed by atoms with Gasteiger partial charge in [0.05, 0.1) is 18.1 Å². The van der Waals surface area contributed by atoms with Gasteiger partial charge in [-0.1, -0.05) is 0 Å². The van der Waals surface area contributed by atoms with Gasteiger partial charge in [-0.05, 0) is 6.07 Å². The van der Waals surface area contributed by atoms with Crippen molar-refractivity contribution in [1.82, 2.24) is 14.5 Å². The van der Waals surface area contributed by atoms with E-state index in [0.29, 0.717) is 18.1 Å². The van der Waals surface area contributed by atoms with E-state index in [1.54, 1.807) is 23.2 Å². The largest absolute Gasteiger partial charge is 0.325 e. The molecule has 2 aromatic heterocycles. The molecular formula is C9H9FN4. The van der Waals surface area contributed by atoms with Crippen LogP contribution in [0.2, 0.25) is 0 Å². The fraction of sp³-hybridized carbons (Fsp3) is 0.111. The van der Waals surface area contributed by atoms with Crippen molar-refractivity contribution in [2.75, 3.05) is 0 Å². The van der Waals surface area contributed by atoms with E-state index in [1.807, 2.05) is 0 Å². The normalized spacial score (nSPS) is 10.4. The average Bonchev–Trinajstić information content (AvgIpc) is 2.65. The predicted octanol–water partition coefficient (Wildman–Crippen LogP) is 0.865. The van der Waals surface area contributed by atoms with Gasteiger partial charge in [-0.3, -0.25) is 4.98 Å². The number of hydrogen-bond donors (Lipinski definition) is 1. The monoisotopic (exact) mass is 192 g/mol. The van der Waals surface area contributed by atoms with Gasteiger partial charge in [0, 0.05) is 18.9 Å². The summed E-state index contributed by atoms with van der Waals surface area (Å²) in [5.74, 6) is 0.279. The number of nitrogens with two attached hydrogens (primary N) is 1. The Kier molecular flexibility index (Phi) is 2.24. The molecule has 2 N–H and O–H groups in total. The van der Waals surface area contributed by atoms with Gasteiger partial charge < -0.3 is 10.3 Å². The summed E-state index contributed by atoms with van der Waals surface area (Å²) in [6.07, 6.45) is 6.06. The van der Waals surface area contributed by atoms with Gasteiger partial charge in [0.25, 0.3) is 0 Å². The maximum Gasteiger partial charge on any atom is 0.155 e. The van der Waals surface area contributed by atoms with Crippen molar-refractivity contribution in [3.8, 4) is 5.82 Å². The first-order valence-electron chi connectivity index (χ1n) is 4.14. The van der Waals surface area contributed by atoms with E-state index in [9.17, 15) is 4.39 Å². The highest BCUT2D eigenvalue weighted by Gasteiger charge is 2.00. The Balaban J connectivity index is 2.33. The second-order valence-corrected chi connectivity index (χ2v) is 2.81. The molecule has 0 aliphatic rings. The Morgan fingerprint density at radius 1 is 1.36 bits per heavy atom. The fourth-order valence-electron chi connectivity index (χ4n) is 1.10. The molecule has 0 saturated heterocycles. The van der Waals surface area contributed by atoms with Crippen molar-refractivity contribution in [1.29, 1.82) is 0 Å². The van der Waals surface area contributed by atoms with E-state index in [0.717, 1.165) is 0 Å². The third-order valence-electron chi connectivity index (χ3n) is 1.82. The maximum atomic E-state index is 12.7. The van der Waals surface area contributed by atoms with Crippen LogP contribution >= 0.6 is 0 Å². The second kappa shape index (κ2) is 3.55. The molecule has 0 spiro atoms. The van der Waals surface area contributed by atoms with Gasteiger partial charge in [0.1, 0.15) is 5.82 Å². The topological polar surface area (TPSA) is 56.7 Å². The summed E-state index contributed by atoms with van der Waals surface area (Å²) >= 11 is 0. The van der Waals surface area contributed by atoms with Crippen LogP contribution in [0.15, 0.2) is 30.9 Å². The Labute approximate surface area is 80.2 Å². The van der Waals surface area contributed by atoms with Crippen molar-refractivity contribution >= 4 is 0 Å². The number of halogens is 1. The zero-order chi connectivity index (χ0) is 9.97. The van der Waals surface area contributed by atoms with E-state index in [-0.39, 0.29) is 5.82 Å². The van der Waals surface area contributed by atoms with Crippen LogP contribution < -0.4 is 5.73 Å². The Bertz CT molecular complexity index is 421. The van der Waals surface area contributed by atoms with Crippen molar-refractivity contribution in [2.24, 2.45) is 5.73 Å². The van der Waals surface area contributed by atoms with E-state index < -0.39 is 0 Å². The summed E-state index contributed by atoms with van der Waals surface area (Å²) in [5, 5.41) is 0. The zero-order valence-corrected chi connectivity index (χ0v) is 7.39. The van der Waals surface area contributed by atoms with E-state index >= 15 is 0 Å². The van der Waals surface area contributed by atoms with Crippen molar-refractivity contribution in [2.45, 2.75) is 6.54 Å². The standard InChI is InChI=1S/C9H9FN4/c10-7-1-2-14(6-7)9-5-12-8(3-11)4-13-9/h1-2,4-6H,3,11H2. The molecule has 2 aromatic rings. The third kappa shape index (κ3) is 1.62. The minimum Gasteiger partial charge on any atom is -0.325 e. The lowest BCUT2D eigenvalue weighted by Crippen LogP contribution is -2.02. The van der Waals surface area contributed by atoms with Gasteiger partial charge in [-0.25, -0.2) is 9.37 Å². The minimum absolute atomic E-state index is 0.297. The maximum absolute atomic E-state index is 12.7. The summed E-state index contributed by atoms with van der Waals surface area (Å²) in [6, 6.07) is 1.36. The fourth-order valence-corrected chi connectivity index (χ4v) is 1.10. The number of nitrogens with zero attached hydrogens (tertiary/aromatic N) is 3. The van der Waals surface area contributed by atoms with Crippen LogP contribution in [0, 0.1) is 5.82 Å². The first-order valence-corrected chi connectivity index (χ1v) is 4.14. The number of hydrogen-bond acceptors (Lipinski definition) is 3. The van der Waals surface area contributed by atoms with Crippen LogP contribution in [0.25, 0.3) is 5.82 Å². The molecule has 0 aliphatic carbocycles. The van der Waals surface area contributed by atoms with Gasteiger partial charge in [0.15, 0.2) is 5.82 Å². The lowest BCUT2D eigenvalue weighted by molar-refractivity contribution is 0.627. The summed E-state index contributed by atoms with van der Waals surface area (Å²) in [6.45, 7) is 0.354. The first kappa shape index (κ1) is 8.83. The Morgan fingerprint density at radius 3 is 2.71 bits per heavy atom. The molecule has 4 nitrogen and oxygen atoms in total. The first-order chi connectivity index (χ1) is 6.79. The summed E-state index contributed by atoms with van der Waals surface area (Å²) in [7, 11) is 0. The molecule has 0 unspecified atom stereocenters. The lowest BCUT2D eigenvalue weighted by Gasteiger charge is -2.00. The van der Waals surface area contributed by atoms with Crippen LogP contribution in [0.1, 0.15) is 5.69 Å². The third-order valence-corrected chi connectivity index (χ3v) is 1.82. The van der Waals surface area contributed by atoms with Gasteiger partial charge in [-0.15, -0.1) is 0 Å². The van der Waals surface area contributed by atoms with E-state index in [2.05, 4.69) is 9.97 Å². The molecule has 2 rings (SSSR count). The zero-order valence-electron chi connectivity index (χ0n) is 7.39. The molecular weight excluding hydrogens is 183 g/mol. The average molecular weight is 192 g/mol. The van der Waals surface area contributed by atoms with Crippen molar-refractivity contribution in [3.63, 3.8) is 0 Å². The molecule has 5 heteroatoms. The molecule has 0 aromatic carbocycles. The van der Waals surface area contributed by atoms with Crippen LogP contribution in [0.3, 0.4) is 0 Å². The molecule has 0 amide bonds. The highest BCUT2D eigenvalue weighted by molar-refractivity contribution is 5.20. The predicted molar refractivity (Wildman–Crippen MR) is 49.2 cm³/mol. The van der Waals surface area contributed by atoms with Gasteiger partial charge >= 0.3 is 0 Å². The van der Waals surface area contributed by atoms with Crippen molar-refractivity contribution in [3.05, 3.63) is 42.4 Å². The Morgan fingerprint density at radius 2 is 2.21 bits per heavy atom. The summed E-state index contributed by atoms with van der Waals surface area (Å²) in [4.78, 5) is 8.14. The molecule has 2 heterocycles. The smallest absolute Gasteiger partial charge is 0.155 e. The van der Waals surface area contributed by atoms with Crippen LogP contribution in [0.4, 0.5) is 4.39 Å². The van der Waals surface area contributed by atoms with Gasteiger partial charge in [0.2, 0.25) is 0 Å². The SMILES string of the molecule is NCc1cnc(-n2ccc(F)c2)cn1. The van der Waals surface area contributed by atoms with Crippen LogP contribution in [0.5, 0.6) is 0 Å². The highest BCUT2D eigenvalue weighted by atomic mass is 19.1. The molecule has 0 radical (unpaired) electrons. The minimum atomic E-state index is -0.297. The number of rotatable bonds is 2. The quantitative estimate of drug-likeness (QED) is 0.767. The highest BCUT2D eigenvalue weighted by Crippen LogP contribution is 2.05. The molecule has 0 saturated carbocycles. The van der Waals surface area contributed by atoms with Crippen LogP contribution in [-0.2, 0) is 6.54 Å².